The zero-order valence-corrected chi connectivity index (χ0v) is 12.5. The predicted octanol–water partition coefficient (Wildman–Crippen LogP) is 4.05. The van der Waals surface area contributed by atoms with Crippen LogP contribution in [0.15, 0.2) is 24.3 Å². The van der Waals surface area contributed by atoms with Crippen molar-refractivity contribution in [1.29, 1.82) is 0 Å². The van der Waals surface area contributed by atoms with Crippen LogP contribution < -0.4 is 10.1 Å². The van der Waals surface area contributed by atoms with E-state index >= 15 is 0 Å². The van der Waals surface area contributed by atoms with Gasteiger partial charge in [-0.25, -0.2) is 0 Å². The Bertz CT molecular complexity index is 424. The van der Waals surface area contributed by atoms with Crippen molar-refractivity contribution in [3.05, 3.63) is 29.8 Å². The van der Waals surface area contributed by atoms with Crippen LogP contribution in [-0.2, 0) is 4.74 Å². The second-order valence-corrected chi connectivity index (χ2v) is 4.91. The molecule has 1 rings (SSSR count). The van der Waals surface area contributed by atoms with E-state index in [-0.39, 0.29) is 17.9 Å². The van der Waals surface area contributed by atoms with Gasteiger partial charge >= 0.3 is 6.36 Å². The summed E-state index contributed by atoms with van der Waals surface area (Å²) in [5, 5.41) is 3.32. The molecule has 0 aromatic heterocycles. The zero-order chi connectivity index (χ0) is 15.9. The van der Waals surface area contributed by atoms with Gasteiger partial charge in [-0.05, 0) is 44.0 Å². The van der Waals surface area contributed by atoms with E-state index < -0.39 is 6.36 Å². The Hall–Kier alpha value is -1.27. The number of methoxy groups -OCH3 is 1. The molecule has 0 radical (unpaired) electrons. The van der Waals surface area contributed by atoms with Crippen molar-refractivity contribution in [3.63, 3.8) is 0 Å². The van der Waals surface area contributed by atoms with Crippen LogP contribution in [0.3, 0.4) is 0 Å². The molecule has 0 saturated carbocycles. The van der Waals surface area contributed by atoms with Crippen molar-refractivity contribution in [2.24, 2.45) is 0 Å². The fraction of sp³-hybridized carbons (Fsp3) is 0.600. The molecule has 3 nitrogen and oxygen atoms in total. The molecule has 0 heterocycles. The van der Waals surface area contributed by atoms with Gasteiger partial charge in [0.15, 0.2) is 0 Å². The maximum absolute atomic E-state index is 12.3. The largest absolute Gasteiger partial charge is 0.573 e. The standard InChI is InChI=1S/C15H22F3NO2/c1-4-8-19-14(9-11(2)20-3)12-6-5-7-13(10-12)21-15(16,17)18/h5-7,10-11,14,19H,4,8-9H2,1-3H3. The van der Waals surface area contributed by atoms with Crippen LogP contribution in [0.1, 0.15) is 38.3 Å². The molecular weight excluding hydrogens is 283 g/mol. The molecule has 2 atom stereocenters. The van der Waals surface area contributed by atoms with Gasteiger partial charge < -0.3 is 14.8 Å². The molecule has 6 heteroatoms. The summed E-state index contributed by atoms with van der Waals surface area (Å²) in [5.74, 6) is -0.201. The number of alkyl halides is 3. The number of hydrogen-bond donors (Lipinski definition) is 1. The molecule has 1 N–H and O–H groups in total. The molecule has 1 aromatic carbocycles. The first-order chi connectivity index (χ1) is 9.85. The van der Waals surface area contributed by atoms with Gasteiger partial charge in [0.1, 0.15) is 5.75 Å². The first-order valence-corrected chi connectivity index (χ1v) is 6.97. The van der Waals surface area contributed by atoms with Crippen LogP contribution in [0, 0.1) is 0 Å². The third-order valence-corrected chi connectivity index (χ3v) is 3.10. The molecule has 0 bridgehead atoms. The van der Waals surface area contributed by atoms with Crippen molar-refractivity contribution < 1.29 is 22.6 Å². The molecule has 0 fully saturated rings. The van der Waals surface area contributed by atoms with Crippen molar-refractivity contribution >= 4 is 0 Å². The number of nitrogens with one attached hydrogen (secondary N) is 1. The molecule has 0 spiro atoms. The molecule has 0 aliphatic heterocycles. The van der Waals surface area contributed by atoms with Gasteiger partial charge in [-0.15, -0.1) is 13.2 Å². The molecule has 2 unspecified atom stereocenters. The van der Waals surface area contributed by atoms with E-state index in [0.717, 1.165) is 18.5 Å². The van der Waals surface area contributed by atoms with Gasteiger partial charge in [-0.3, -0.25) is 0 Å². The highest BCUT2D eigenvalue weighted by molar-refractivity contribution is 5.30. The Labute approximate surface area is 123 Å². The minimum Gasteiger partial charge on any atom is -0.406 e. The summed E-state index contributed by atoms with van der Waals surface area (Å²) in [6.45, 7) is 4.75. The molecular formula is C15H22F3NO2. The maximum Gasteiger partial charge on any atom is 0.573 e. The highest BCUT2D eigenvalue weighted by Crippen LogP contribution is 2.27. The number of benzene rings is 1. The van der Waals surface area contributed by atoms with Gasteiger partial charge in [0.25, 0.3) is 0 Å². The lowest BCUT2D eigenvalue weighted by Gasteiger charge is -2.22. The molecule has 0 aliphatic carbocycles. The summed E-state index contributed by atoms with van der Waals surface area (Å²) in [4.78, 5) is 0. The van der Waals surface area contributed by atoms with Crippen molar-refractivity contribution in [2.45, 2.75) is 45.2 Å². The lowest BCUT2D eigenvalue weighted by atomic mass is 10.0. The summed E-state index contributed by atoms with van der Waals surface area (Å²) in [6, 6.07) is 6.00. The van der Waals surface area contributed by atoms with Crippen molar-refractivity contribution in [3.8, 4) is 5.75 Å². The van der Waals surface area contributed by atoms with Gasteiger partial charge in [0, 0.05) is 13.2 Å². The molecule has 0 amide bonds. The van der Waals surface area contributed by atoms with E-state index in [0.29, 0.717) is 6.42 Å². The predicted molar refractivity (Wildman–Crippen MR) is 75.2 cm³/mol. The molecule has 0 saturated heterocycles. The van der Waals surface area contributed by atoms with Gasteiger partial charge in [0.05, 0.1) is 6.10 Å². The Balaban J connectivity index is 2.87. The van der Waals surface area contributed by atoms with Gasteiger partial charge in [-0.1, -0.05) is 19.1 Å². The van der Waals surface area contributed by atoms with Crippen molar-refractivity contribution in [2.75, 3.05) is 13.7 Å². The number of hydrogen-bond acceptors (Lipinski definition) is 3. The molecule has 21 heavy (non-hydrogen) atoms. The minimum atomic E-state index is -4.68. The maximum atomic E-state index is 12.3. The van der Waals surface area contributed by atoms with E-state index in [4.69, 9.17) is 4.74 Å². The second-order valence-electron chi connectivity index (χ2n) is 4.91. The lowest BCUT2D eigenvalue weighted by molar-refractivity contribution is -0.274. The summed E-state index contributed by atoms with van der Waals surface area (Å²) < 4.78 is 46.1. The average molecular weight is 305 g/mol. The summed E-state index contributed by atoms with van der Waals surface area (Å²) >= 11 is 0. The Morgan fingerprint density at radius 2 is 2.00 bits per heavy atom. The number of halogens is 3. The van der Waals surface area contributed by atoms with Crippen LogP contribution in [0.2, 0.25) is 0 Å². The fourth-order valence-corrected chi connectivity index (χ4v) is 2.01. The molecule has 1 aromatic rings. The quantitative estimate of drug-likeness (QED) is 0.786. The zero-order valence-electron chi connectivity index (χ0n) is 12.5. The SMILES string of the molecule is CCCNC(CC(C)OC)c1cccc(OC(F)(F)F)c1. The monoisotopic (exact) mass is 305 g/mol. The highest BCUT2D eigenvalue weighted by atomic mass is 19.4. The van der Waals surface area contributed by atoms with Crippen LogP contribution in [-0.4, -0.2) is 26.1 Å². The summed E-state index contributed by atoms with van der Waals surface area (Å²) in [5.41, 5.74) is 0.758. The highest BCUT2D eigenvalue weighted by Gasteiger charge is 2.31. The summed E-state index contributed by atoms with van der Waals surface area (Å²) in [6.07, 6.45) is -3.06. The number of rotatable bonds is 8. The third kappa shape index (κ3) is 6.82. The van der Waals surface area contributed by atoms with Crippen LogP contribution in [0.4, 0.5) is 13.2 Å². The first-order valence-electron chi connectivity index (χ1n) is 6.97. The summed E-state index contributed by atoms with van der Waals surface area (Å²) in [7, 11) is 1.62. The van der Waals surface area contributed by atoms with Crippen LogP contribution in [0.25, 0.3) is 0 Å². The Morgan fingerprint density at radius 1 is 1.29 bits per heavy atom. The average Bonchev–Trinajstić information content (AvgIpc) is 2.41. The third-order valence-electron chi connectivity index (χ3n) is 3.10. The number of ether oxygens (including phenoxy) is 2. The van der Waals surface area contributed by atoms with E-state index in [9.17, 15) is 13.2 Å². The van der Waals surface area contributed by atoms with Crippen molar-refractivity contribution in [1.82, 2.24) is 5.32 Å². The molecule has 0 aliphatic rings. The second kappa shape index (κ2) is 8.24. The Kier molecular flexibility index (Phi) is 6.98. The van der Waals surface area contributed by atoms with Crippen LogP contribution in [0.5, 0.6) is 5.75 Å². The van der Waals surface area contributed by atoms with Gasteiger partial charge in [0.2, 0.25) is 0 Å². The van der Waals surface area contributed by atoms with E-state index in [1.807, 2.05) is 13.8 Å². The first kappa shape index (κ1) is 17.8. The normalized spacial score (nSPS) is 14.8. The van der Waals surface area contributed by atoms with E-state index in [2.05, 4.69) is 10.1 Å². The lowest BCUT2D eigenvalue weighted by Crippen LogP contribution is -2.26. The fourth-order valence-electron chi connectivity index (χ4n) is 2.01. The van der Waals surface area contributed by atoms with Crippen LogP contribution >= 0.6 is 0 Å². The Morgan fingerprint density at radius 3 is 2.57 bits per heavy atom. The smallest absolute Gasteiger partial charge is 0.406 e. The van der Waals surface area contributed by atoms with E-state index in [1.54, 1.807) is 19.2 Å². The molecule has 120 valence electrons. The minimum absolute atomic E-state index is 0.00606. The topological polar surface area (TPSA) is 30.5 Å². The van der Waals surface area contributed by atoms with Gasteiger partial charge in [-0.2, -0.15) is 0 Å². The van der Waals surface area contributed by atoms with E-state index in [1.165, 1.54) is 12.1 Å².